The Labute approximate surface area is 170 Å². The third kappa shape index (κ3) is 3.87. The molecule has 0 aliphatic carbocycles. The zero-order valence-electron chi connectivity index (χ0n) is 16.0. The second-order valence-electron chi connectivity index (χ2n) is 6.81. The van der Waals surface area contributed by atoms with E-state index >= 15 is 0 Å². The molecule has 0 aromatic heterocycles. The molecule has 0 saturated carbocycles. The molecular formula is C20H23ClN2O4S. The standard InChI is InChI=1S/C20H23ClN2O4S/c1-13-9-10-15(27-3)12-19(13)28(25,26)23-11-5-8-18(23)20(24)22-17-7-4-6-16(21)14(17)2/h4,6-7,9-10,12,18H,5,8,11H2,1-3H3,(H,22,24)/t18-/m0/s1. The number of methoxy groups -OCH3 is 1. The lowest BCUT2D eigenvalue weighted by molar-refractivity contribution is -0.119. The van der Waals surface area contributed by atoms with E-state index in [2.05, 4.69) is 5.32 Å². The van der Waals surface area contributed by atoms with Crippen LogP contribution < -0.4 is 10.1 Å². The van der Waals surface area contributed by atoms with Gasteiger partial charge in [0.25, 0.3) is 0 Å². The quantitative estimate of drug-likeness (QED) is 0.796. The Morgan fingerprint density at radius 2 is 2.00 bits per heavy atom. The molecular weight excluding hydrogens is 400 g/mol. The summed E-state index contributed by atoms with van der Waals surface area (Å²) in [6, 6.07) is 9.38. The van der Waals surface area contributed by atoms with Crippen molar-refractivity contribution < 1.29 is 17.9 Å². The molecule has 2 aromatic carbocycles. The molecule has 1 fully saturated rings. The van der Waals surface area contributed by atoms with Gasteiger partial charge >= 0.3 is 0 Å². The molecule has 1 amide bonds. The van der Waals surface area contributed by atoms with E-state index in [1.165, 1.54) is 17.5 Å². The number of hydrogen-bond donors (Lipinski definition) is 1. The van der Waals surface area contributed by atoms with Gasteiger partial charge in [0.05, 0.1) is 12.0 Å². The summed E-state index contributed by atoms with van der Waals surface area (Å²) in [5, 5.41) is 3.37. The largest absolute Gasteiger partial charge is 0.497 e. The van der Waals surface area contributed by atoms with E-state index in [0.29, 0.717) is 41.4 Å². The van der Waals surface area contributed by atoms with Crippen LogP contribution in [0.1, 0.15) is 24.0 Å². The first kappa shape index (κ1) is 20.6. The first-order chi connectivity index (χ1) is 13.3. The molecule has 8 heteroatoms. The Morgan fingerprint density at radius 3 is 2.71 bits per heavy atom. The van der Waals surface area contributed by atoms with Gasteiger partial charge in [-0.15, -0.1) is 0 Å². The van der Waals surface area contributed by atoms with Crippen molar-refractivity contribution in [3.8, 4) is 5.75 Å². The third-order valence-corrected chi connectivity index (χ3v) is 7.47. The van der Waals surface area contributed by atoms with Crippen LogP contribution in [0, 0.1) is 13.8 Å². The molecule has 0 bridgehead atoms. The number of halogens is 1. The number of ether oxygens (including phenoxy) is 1. The summed E-state index contributed by atoms with van der Waals surface area (Å²) in [5.41, 5.74) is 1.94. The summed E-state index contributed by atoms with van der Waals surface area (Å²) in [6.07, 6.45) is 1.09. The van der Waals surface area contributed by atoms with Gasteiger partial charge in [0.15, 0.2) is 0 Å². The normalized spacial score (nSPS) is 17.5. The van der Waals surface area contributed by atoms with Crippen molar-refractivity contribution in [2.75, 3.05) is 19.0 Å². The second kappa shape index (κ2) is 8.11. The molecule has 0 spiro atoms. The Hall–Kier alpha value is -2.09. The number of carbonyl (C=O) groups is 1. The number of nitrogens with zero attached hydrogens (tertiary/aromatic N) is 1. The topological polar surface area (TPSA) is 75.7 Å². The number of sulfonamides is 1. The molecule has 0 unspecified atom stereocenters. The van der Waals surface area contributed by atoms with Crippen LogP contribution in [0.3, 0.4) is 0 Å². The molecule has 1 heterocycles. The molecule has 6 nitrogen and oxygen atoms in total. The fourth-order valence-corrected chi connectivity index (χ4v) is 5.43. The van der Waals surface area contributed by atoms with Gasteiger partial charge in [-0.25, -0.2) is 8.42 Å². The fraction of sp³-hybridized carbons (Fsp3) is 0.350. The molecule has 3 rings (SSSR count). The van der Waals surface area contributed by atoms with Gasteiger partial charge in [-0.2, -0.15) is 4.31 Å². The van der Waals surface area contributed by atoms with E-state index in [4.69, 9.17) is 16.3 Å². The summed E-state index contributed by atoms with van der Waals surface area (Å²) in [7, 11) is -2.35. The molecule has 1 aliphatic rings. The number of benzene rings is 2. The monoisotopic (exact) mass is 422 g/mol. The number of nitrogens with one attached hydrogen (secondary N) is 1. The van der Waals surface area contributed by atoms with Gasteiger partial charge in [0, 0.05) is 23.3 Å². The number of rotatable bonds is 5. The van der Waals surface area contributed by atoms with Crippen LogP contribution in [-0.4, -0.2) is 38.3 Å². The SMILES string of the molecule is COc1ccc(C)c(S(=O)(=O)N2CCC[C@H]2C(=O)Nc2cccc(Cl)c2C)c1. The average Bonchev–Trinajstić information content (AvgIpc) is 3.16. The minimum Gasteiger partial charge on any atom is -0.497 e. The number of carbonyl (C=O) groups excluding carboxylic acids is 1. The lowest BCUT2D eigenvalue weighted by Gasteiger charge is -2.24. The molecule has 1 aliphatic heterocycles. The van der Waals surface area contributed by atoms with Crippen molar-refractivity contribution in [3.63, 3.8) is 0 Å². The predicted octanol–water partition coefficient (Wildman–Crippen LogP) is 3.76. The van der Waals surface area contributed by atoms with Crippen LogP contribution in [-0.2, 0) is 14.8 Å². The van der Waals surface area contributed by atoms with E-state index in [1.54, 1.807) is 44.2 Å². The Balaban J connectivity index is 1.90. The van der Waals surface area contributed by atoms with Crippen molar-refractivity contribution in [3.05, 3.63) is 52.5 Å². The Morgan fingerprint density at radius 1 is 1.25 bits per heavy atom. The highest BCUT2D eigenvalue weighted by Gasteiger charge is 2.40. The predicted molar refractivity (Wildman–Crippen MR) is 109 cm³/mol. The first-order valence-electron chi connectivity index (χ1n) is 8.98. The van der Waals surface area contributed by atoms with Crippen molar-refractivity contribution in [2.45, 2.75) is 37.6 Å². The second-order valence-corrected chi connectivity index (χ2v) is 9.07. The van der Waals surface area contributed by atoms with Crippen LogP contribution in [0.4, 0.5) is 5.69 Å². The first-order valence-corrected chi connectivity index (χ1v) is 10.8. The van der Waals surface area contributed by atoms with Crippen molar-refractivity contribution >= 4 is 33.2 Å². The van der Waals surface area contributed by atoms with Crippen molar-refractivity contribution in [1.82, 2.24) is 4.31 Å². The minimum absolute atomic E-state index is 0.158. The number of aryl methyl sites for hydroxylation is 1. The molecule has 28 heavy (non-hydrogen) atoms. The molecule has 1 N–H and O–H groups in total. The van der Waals surface area contributed by atoms with Crippen molar-refractivity contribution in [2.24, 2.45) is 0 Å². The highest BCUT2D eigenvalue weighted by atomic mass is 35.5. The van der Waals surface area contributed by atoms with Gasteiger partial charge in [-0.3, -0.25) is 4.79 Å². The van der Waals surface area contributed by atoms with Gasteiger partial charge in [-0.05, 0) is 56.0 Å². The summed E-state index contributed by atoms with van der Waals surface area (Å²) in [6.45, 7) is 3.83. The highest BCUT2D eigenvalue weighted by molar-refractivity contribution is 7.89. The van der Waals surface area contributed by atoms with Crippen molar-refractivity contribution in [1.29, 1.82) is 0 Å². The zero-order chi connectivity index (χ0) is 20.5. The summed E-state index contributed by atoms with van der Waals surface area (Å²) in [5.74, 6) is 0.103. The summed E-state index contributed by atoms with van der Waals surface area (Å²) < 4.78 is 33.0. The number of anilines is 1. The maximum atomic E-state index is 13.3. The van der Waals surface area contributed by atoms with Crippen LogP contribution in [0.15, 0.2) is 41.3 Å². The number of amides is 1. The maximum Gasteiger partial charge on any atom is 0.244 e. The van der Waals surface area contributed by atoms with Gasteiger partial charge in [0.2, 0.25) is 15.9 Å². The lowest BCUT2D eigenvalue weighted by atomic mass is 10.1. The molecule has 1 saturated heterocycles. The minimum atomic E-state index is -3.84. The van der Waals surface area contributed by atoms with E-state index in [0.717, 1.165) is 5.56 Å². The van der Waals surface area contributed by atoms with Crippen LogP contribution in [0.25, 0.3) is 0 Å². The summed E-state index contributed by atoms with van der Waals surface area (Å²) >= 11 is 6.11. The van der Waals surface area contributed by atoms with E-state index in [9.17, 15) is 13.2 Å². The molecule has 0 radical (unpaired) electrons. The van der Waals surface area contributed by atoms with Crippen LogP contribution in [0.2, 0.25) is 5.02 Å². The van der Waals surface area contributed by atoms with E-state index in [1.807, 2.05) is 0 Å². The highest BCUT2D eigenvalue weighted by Crippen LogP contribution is 2.31. The Bertz CT molecular complexity index is 1010. The van der Waals surface area contributed by atoms with Crippen LogP contribution >= 0.6 is 11.6 Å². The van der Waals surface area contributed by atoms with E-state index < -0.39 is 16.1 Å². The maximum absolute atomic E-state index is 13.3. The Kier molecular flexibility index (Phi) is 5.98. The van der Waals surface area contributed by atoms with Crippen LogP contribution in [0.5, 0.6) is 5.75 Å². The third-order valence-electron chi connectivity index (χ3n) is 5.01. The summed E-state index contributed by atoms with van der Waals surface area (Å²) in [4.78, 5) is 13.0. The smallest absolute Gasteiger partial charge is 0.244 e. The fourth-order valence-electron chi connectivity index (χ4n) is 3.36. The van der Waals surface area contributed by atoms with Gasteiger partial charge < -0.3 is 10.1 Å². The lowest BCUT2D eigenvalue weighted by Crippen LogP contribution is -2.43. The number of hydrogen-bond acceptors (Lipinski definition) is 4. The molecule has 1 atom stereocenters. The molecule has 150 valence electrons. The molecule has 2 aromatic rings. The van der Waals surface area contributed by atoms with Gasteiger partial charge in [0.1, 0.15) is 11.8 Å². The van der Waals surface area contributed by atoms with E-state index in [-0.39, 0.29) is 10.8 Å². The van der Waals surface area contributed by atoms with Gasteiger partial charge in [-0.1, -0.05) is 23.7 Å². The zero-order valence-corrected chi connectivity index (χ0v) is 17.6. The average molecular weight is 423 g/mol.